The topological polar surface area (TPSA) is 105 Å². The van der Waals surface area contributed by atoms with Gasteiger partial charge in [-0.25, -0.2) is 9.78 Å². The summed E-state index contributed by atoms with van der Waals surface area (Å²) in [7, 11) is 2.98. The van der Waals surface area contributed by atoms with Gasteiger partial charge in [-0.1, -0.05) is 45.0 Å². The fourth-order valence-electron chi connectivity index (χ4n) is 2.32. The third-order valence-corrected chi connectivity index (χ3v) is 5.13. The lowest BCUT2D eigenvalue weighted by Crippen LogP contribution is -2.36. The van der Waals surface area contributed by atoms with Crippen LogP contribution in [0.15, 0.2) is 48.6 Å². The average molecular weight is 424 g/mol. The Balaban J connectivity index is 1.90. The van der Waals surface area contributed by atoms with Gasteiger partial charge in [-0.3, -0.25) is 13.9 Å². The molecule has 0 spiro atoms. The molecule has 25 heavy (non-hydrogen) atoms. The molecule has 1 aromatic carbocycles. The Kier molecular flexibility index (Phi) is 4.82. The summed E-state index contributed by atoms with van der Waals surface area (Å²) >= 11 is 4.63. The Morgan fingerprint density at radius 3 is 2.60 bits per heavy atom. The van der Waals surface area contributed by atoms with E-state index in [-0.39, 0.29) is 5.52 Å². The highest BCUT2D eigenvalue weighted by atomic mass is 79.9. The van der Waals surface area contributed by atoms with Gasteiger partial charge in [-0.2, -0.15) is 0 Å². The lowest BCUT2D eigenvalue weighted by molar-refractivity contribution is 0.319. The molecule has 130 valence electrons. The molecule has 0 aliphatic heterocycles. The van der Waals surface area contributed by atoms with Crippen molar-refractivity contribution < 1.29 is 5.21 Å². The molecule has 0 aliphatic carbocycles. The van der Waals surface area contributed by atoms with E-state index in [2.05, 4.69) is 31.1 Å². The molecule has 0 saturated heterocycles. The first-order valence-electron chi connectivity index (χ1n) is 7.17. The van der Waals surface area contributed by atoms with Crippen molar-refractivity contribution in [1.82, 2.24) is 19.1 Å². The van der Waals surface area contributed by atoms with Crippen molar-refractivity contribution in [2.75, 3.05) is 5.75 Å². The Hall–Kier alpha value is -2.33. The first-order chi connectivity index (χ1) is 11.9. The van der Waals surface area contributed by atoms with E-state index in [0.717, 1.165) is 14.6 Å². The highest BCUT2D eigenvalue weighted by molar-refractivity contribution is 9.10. The molecule has 10 heteroatoms. The summed E-state index contributed by atoms with van der Waals surface area (Å²) in [6.07, 6.45) is 0. The number of hydrogen-bond donors (Lipinski definition) is 2. The van der Waals surface area contributed by atoms with Crippen LogP contribution in [-0.4, -0.2) is 35.8 Å². The molecule has 0 aliphatic rings. The Labute approximate surface area is 154 Å². The third kappa shape index (κ3) is 3.27. The van der Waals surface area contributed by atoms with Crippen LogP contribution in [-0.2, 0) is 14.1 Å². The summed E-state index contributed by atoms with van der Waals surface area (Å²) in [4.78, 5) is 31.3. The number of halogens is 1. The van der Waals surface area contributed by atoms with Gasteiger partial charge in [0.1, 0.15) is 0 Å². The highest BCUT2D eigenvalue weighted by Crippen LogP contribution is 2.19. The summed E-state index contributed by atoms with van der Waals surface area (Å²) in [6, 6.07) is 7.37. The van der Waals surface area contributed by atoms with Gasteiger partial charge in [0.15, 0.2) is 16.3 Å². The van der Waals surface area contributed by atoms with Gasteiger partial charge < -0.3 is 10.2 Å². The second-order valence-corrected chi connectivity index (χ2v) is 7.17. The van der Waals surface area contributed by atoms with Gasteiger partial charge in [0.2, 0.25) is 0 Å². The van der Waals surface area contributed by atoms with Crippen LogP contribution in [0, 0.1) is 0 Å². The SMILES string of the molecule is Cn1c(=O)c2[nH]c(SC/C(=N/O)c3ccc(Br)cc3)nc2n(C)c1=O. The molecule has 0 bridgehead atoms. The van der Waals surface area contributed by atoms with Crippen molar-refractivity contribution in [3.63, 3.8) is 0 Å². The molecule has 0 saturated carbocycles. The minimum absolute atomic E-state index is 0.262. The fraction of sp³-hybridized carbons (Fsp3) is 0.200. The summed E-state index contributed by atoms with van der Waals surface area (Å²) < 4.78 is 3.26. The Bertz CT molecular complexity index is 1080. The fourth-order valence-corrected chi connectivity index (χ4v) is 3.41. The second-order valence-electron chi connectivity index (χ2n) is 5.29. The number of nitrogens with one attached hydrogen (secondary N) is 1. The predicted molar refractivity (Wildman–Crippen MR) is 99.8 cm³/mol. The molecule has 0 atom stereocenters. The molecular formula is C15H14BrN5O3S. The molecule has 0 amide bonds. The molecule has 3 aromatic rings. The molecule has 0 unspecified atom stereocenters. The van der Waals surface area contributed by atoms with Crippen molar-refractivity contribution in [3.05, 3.63) is 55.1 Å². The Morgan fingerprint density at radius 1 is 1.28 bits per heavy atom. The molecule has 2 N–H and O–H groups in total. The van der Waals surface area contributed by atoms with E-state index in [1.807, 2.05) is 24.3 Å². The zero-order valence-corrected chi connectivity index (χ0v) is 15.8. The largest absolute Gasteiger partial charge is 0.411 e. The van der Waals surface area contributed by atoms with E-state index < -0.39 is 11.2 Å². The number of fused-ring (bicyclic) bond motifs is 1. The predicted octanol–water partition coefficient (Wildman–Crippen LogP) is 1.69. The molecule has 3 rings (SSSR count). The normalized spacial score (nSPS) is 12.0. The van der Waals surface area contributed by atoms with Gasteiger partial charge in [-0.05, 0) is 12.1 Å². The second kappa shape index (κ2) is 6.89. The van der Waals surface area contributed by atoms with Gasteiger partial charge in [0.05, 0.1) is 5.71 Å². The maximum Gasteiger partial charge on any atom is 0.332 e. The lowest BCUT2D eigenvalue weighted by atomic mass is 10.1. The minimum Gasteiger partial charge on any atom is -0.411 e. The van der Waals surface area contributed by atoms with E-state index in [1.165, 1.54) is 23.4 Å². The molecular weight excluding hydrogens is 410 g/mol. The van der Waals surface area contributed by atoms with Crippen LogP contribution < -0.4 is 11.2 Å². The van der Waals surface area contributed by atoms with E-state index in [1.54, 1.807) is 7.05 Å². The summed E-state index contributed by atoms with van der Waals surface area (Å²) in [5.41, 5.74) is 0.937. The maximum atomic E-state index is 12.2. The van der Waals surface area contributed by atoms with Crippen molar-refractivity contribution in [2.45, 2.75) is 5.16 Å². The lowest BCUT2D eigenvalue weighted by Gasteiger charge is -2.03. The van der Waals surface area contributed by atoms with Crippen LogP contribution >= 0.6 is 27.7 Å². The number of aromatic amines is 1. The number of hydrogen-bond acceptors (Lipinski definition) is 6. The third-order valence-electron chi connectivity index (χ3n) is 3.72. The van der Waals surface area contributed by atoms with Gasteiger partial charge >= 0.3 is 5.69 Å². The standard InChI is InChI=1S/C15H14BrN5O3S/c1-20-12-11(13(22)21(2)15(20)23)17-14(18-12)25-7-10(19-24)8-3-5-9(16)6-4-8/h3-6,24H,7H2,1-2H3,(H,17,18)/b19-10-. The van der Waals surface area contributed by atoms with Crippen molar-refractivity contribution in [1.29, 1.82) is 0 Å². The number of oxime groups is 1. The zero-order chi connectivity index (χ0) is 18.1. The average Bonchev–Trinajstić information content (AvgIpc) is 3.04. The molecule has 0 radical (unpaired) electrons. The maximum absolute atomic E-state index is 12.2. The van der Waals surface area contributed by atoms with E-state index in [0.29, 0.717) is 22.3 Å². The Morgan fingerprint density at radius 2 is 1.96 bits per heavy atom. The first-order valence-corrected chi connectivity index (χ1v) is 8.95. The van der Waals surface area contributed by atoms with Crippen LogP contribution in [0.3, 0.4) is 0 Å². The number of rotatable bonds is 4. The van der Waals surface area contributed by atoms with Crippen LogP contribution in [0.1, 0.15) is 5.56 Å². The summed E-state index contributed by atoms with van der Waals surface area (Å²) in [5, 5.41) is 13.1. The molecule has 2 heterocycles. The van der Waals surface area contributed by atoms with Crippen LogP contribution in [0.2, 0.25) is 0 Å². The molecule has 0 fully saturated rings. The monoisotopic (exact) mass is 423 g/mol. The first kappa shape index (κ1) is 17.5. The number of H-pyrrole nitrogens is 1. The van der Waals surface area contributed by atoms with Gasteiger partial charge in [0, 0.05) is 29.9 Å². The molecule has 2 aromatic heterocycles. The smallest absolute Gasteiger partial charge is 0.332 e. The van der Waals surface area contributed by atoms with Crippen molar-refractivity contribution in [3.8, 4) is 0 Å². The number of imidazole rings is 1. The zero-order valence-electron chi connectivity index (χ0n) is 13.4. The number of thioether (sulfide) groups is 1. The number of benzene rings is 1. The number of nitrogens with zero attached hydrogens (tertiary/aromatic N) is 4. The van der Waals surface area contributed by atoms with Gasteiger partial charge in [0.25, 0.3) is 5.56 Å². The number of aryl methyl sites for hydroxylation is 1. The van der Waals surface area contributed by atoms with Crippen molar-refractivity contribution in [2.24, 2.45) is 19.3 Å². The van der Waals surface area contributed by atoms with E-state index in [9.17, 15) is 14.8 Å². The van der Waals surface area contributed by atoms with Gasteiger partial charge in [-0.15, -0.1) is 0 Å². The highest BCUT2D eigenvalue weighted by Gasteiger charge is 2.14. The van der Waals surface area contributed by atoms with E-state index >= 15 is 0 Å². The number of aromatic nitrogens is 4. The van der Waals surface area contributed by atoms with Crippen LogP contribution in [0.25, 0.3) is 11.2 Å². The summed E-state index contributed by atoms with van der Waals surface area (Å²) in [5.74, 6) is 0.340. The van der Waals surface area contributed by atoms with Crippen molar-refractivity contribution >= 4 is 44.6 Å². The minimum atomic E-state index is -0.437. The molecule has 8 nitrogen and oxygen atoms in total. The summed E-state index contributed by atoms with van der Waals surface area (Å²) in [6.45, 7) is 0. The van der Waals surface area contributed by atoms with Crippen LogP contribution in [0.4, 0.5) is 0 Å². The van der Waals surface area contributed by atoms with E-state index in [4.69, 9.17) is 0 Å². The van der Waals surface area contributed by atoms with Crippen LogP contribution in [0.5, 0.6) is 0 Å². The quantitative estimate of drug-likeness (QED) is 0.287.